The van der Waals surface area contributed by atoms with E-state index in [1.807, 2.05) is 109 Å². The Morgan fingerprint density at radius 3 is 1.18 bits per heavy atom. The molecule has 2 aromatic heterocycles. The standard InChI is InChI=1S/2C7H10N2.6C2H6.2CH4.2B/c1-3-7-4-5-8-6(2)9-7;1-3-7-8-5-4-6(2)9-7;6*1-2;;;;/h2*4-5H,3H2,1-2H3;6*1-2H3;2*1H4;;. The van der Waals surface area contributed by atoms with Crippen molar-refractivity contribution in [2.45, 2.75) is 138 Å². The summed E-state index contributed by atoms with van der Waals surface area (Å²) in [5, 5.41) is 0. The summed E-state index contributed by atoms with van der Waals surface area (Å²) >= 11 is 0. The first-order chi connectivity index (χ1) is 14.7. The smallest absolute Gasteiger partial charge is 0.128 e. The van der Waals surface area contributed by atoms with Crippen LogP contribution >= 0.6 is 0 Å². The molecule has 0 aliphatic rings. The molecule has 0 fully saturated rings. The Hall–Kier alpha value is -1.71. The van der Waals surface area contributed by atoms with E-state index in [9.17, 15) is 0 Å². The lowest BCUT2D eigenvalue weighted by Gasteiger charge is -1.93. The number of aryl methyl sites for hydroxylation is 4. The molecule has 0 N–H and O–H groups in total. The summed E-state index contributed by atoms with van der Waals surface area (Å²) in [4.78, 5) is 16.4. The average molecular weight is 478 g/mol. The summed E-state index contributed by atoms with van der Waals surface area (Å²) in [5.41, 5.74) is 2.16. The molecule has 0 saturated carbocycles. The summed E-state index contributed by atoms with van der Waals surface area (Å²) in [7, 11) is 0. The molecule has 0 aliphatic carbocycles. The third-order valence-electron chi connectivity index (χ3n) is 2.36. The van der Waals surface area contributed by atoms with Crippen molar-refractivity contribution in [2.75, 3.05) is 0 Å². The molecule has 4 nitrogen and oxygen atoms in total. The molecule has 0 unspecified atom stereocenters. The molecule has 0 aliphatic heterocycles. The Labute approximate surface area is 222 Å². The number of aromatic nitrogens is 4. The Bertz CT molecular complexity index is 452. The van der Waals surface area contributed by atoms with Gasteiger partial charge in [-0.2, -0.15) is 0 Å². The normalized spacial score (nSPS) is 6.12. The van der Waals surface area contributed by atoms with E-state index in [0.717, 1.165) is 35.9 Å². The fraction of sp³-hybridized carbons (Fsp3) is 0.714. The molecule has 2 aromatic rings. The van der Waals surface area contributed by atoms with Crippen LogP contribution in [0.1, 0.15) is 135 Å². The minimum Gasteiger partial charge on any atom is -0.242 e. The molecule has 0 atom stereocenters. The van der Waals surface area contributed by atoms with E-state index in [1.165, 1.54) is 0 Å². The van der Waals surface area contributed by atoms with Gasteiger partial charge in [0.05, 0.1) is 0 Å². The Morgan fingerprint density at radius 1 is 0.559 bits per heavy atom. The predicted molar refractivity (Wildman–Crippen MR) is 165 cm³/mol. The molecule has 2 heterocycles. The van der Waals surface area contributed by atoms with Crippen LogP contribution in [0.25, 0.3) is 0 Å². The molecule has 0 saturated heterocycles. The van der Waals surface area contributed by atoms with Crippen LogP contribution in [0, 0.1) is 13.8 Å². The van der Waals surface area contributed by atoms with Crippen molar-refractivity contribution in [1.82, 2.24) is 19.9 Å². The highest BCUT2D eigenvalue weighted by Gasteiger charge is 1.89. The summed E-state index contributed by atoms with van der Waals surface area (Å²) < 4.78 is 0. The fourth-order valence-electron chi connectivity index (χ4n) is 1.37. The Morgan fingerprint density at radius 2 is 0.941 bits per heavy atom. The molecule has 6 radical (unpaired) electrons. The Balaban J connectivity index is -0.0000000272. The first-order valence-electron chi connectivity index (χ1n) is 12.2. The molecule has 6 heteroatoms. The van der Waals surface area contributed by atoms with Gasteiger partial charge in [-0.3, -0.25) is 0 Å². The van der Waals surface area contributed by atoms with Crippen LogP contribution in [0.2, 0.25) is 0 Å². The Kier molecular flexibility index (Phi) is 131. The van der Waals surface area contributed by atoms with Crippen LogP contribution in [-0.4, -0.2) is 36.8 Å². The molecule has 0 aromatic carbocycles. The van der Waals surface area contributed by atoms with Crippen molar-refractivity contribution in [1.29, 1.82) is 0 Å². The number of hydrogen-bond acceptors (Lipinski definition) is 4. The third kappa shape index (κ3) is 52.3. The topological polar surface area (TPSA) is 51.6 Å². The van der Waals surface area contributed by atoms with Gasteiger partial charge in [0, 0.05) is 47.0 Å². The molecule has 34 heavy (non-hydrogen) atoms. The molecule has 0 amide bonds. The number of hydrogen-bond donors (Lipinski definition) is 0. The first kappa shape index (κ1) is 63.6. The lowest BCUT2D eigenvalue weighted by molar-refractivity contribution is 0.917. The van der Waals surface area contributed by atoms with Crippen LogP contribution in [0.15, 0.2) is 24.5 Å². The van der Waals surface area contributed by atoms with Gasteiger partial charge in [-0.25, -0.2) is 19.9 Å². The largest absolute Gasteiger partial charge is 0.242 e. The zero-order chi connectivity index (χ0) is 25.4. The predicted octanol–water partition coefficient (Wildman–Crippen LogP) is 9.36. The van der Waals surface area contributed by atoms with Crippen LogP contribution in [0.5, 0.6) is 0 Å². The van der Waals surface area contributed by atoms with Crippen molar-refractivity contribution >= 4 is 16.8 Å². The van der Waals surface area contributed by atoms with Crippen LogP contribution in [0.4, 0.5) is 0 Å². The first-order valence-corrected chi connectivity index (χ1v) is 12.2. The second kappa shape index (κ2) is 69.7. The van der Waals surface area contributed by atoms with Crippen molar-refractivity contribution in [2.24, 2.45) is 0 Å². The average Bonchev–Trinajstić information content (AvgIpc) is 2.87. The maximum Gasteiger partial charge on any atom is 0.128 e. The van der Waals surface area contributed by atoms with E-state index in [0.29, 0.717) is 0 Å². The van der Waals surface area contributed by atoms with Gasteiger partial charge in [0.1, 0.15) is 11.6 Å². The van der Waals surface area contributed by atoms with Gasteiger partial charge >= 0.3 is 0 Å². The molecule has 0 spiro atoms. The lowest BCUT2D eigenvalue weighted by atomic mass is 10.3. The van der Waals surface area contributed by atoms with E-state index >= 15 is 0 Å². The summed E-state index contributed by atoms with van der Waals surface area (Å²) in [6.45, 7) is 32.0. The summed E-state index contributed by atoms with van der Waals surface area (Å²) in [6, 6.07) is 3.84. The van der Waals surface area contributed by atoms with E-state index in [1.54, 1.807) is 12.4 Å². The van der Waals surface area contributed by atoms with Gasteiger partial charge in [0.2, 0.25) is 0 Å². The minimum absolute atomic E-state index is 0. The van der Waals surface area contributed by atoms with Gasteiger partial charge in [-0.1, -0.05) is 112 Å². The summed E-state index contributed by atoms with van der Waals surface area (Å²) in [5.74, 6) is 1.78. The highest BCUT2D eigenvalue weighted by molar-refractivity contribution is 5.76. The molecular weight excluding hydrogens is 414 g/mol. The van der Waals surface area contributed by atoms with E-state index in [-0.39, 0.29) is 31.7 Å². The van der Waals surface area contributed by atoms with Gasteiger partial charge in [0.25, 0.3) is 0 Å². The van der Waals surface area contributed by atoms with Gasteiger partial charge in [-0.05, 0) is 32.4 Å². The number of rotatable bonds is 2. The van der Waals surface area contributed by atoms with Crippen molar-refractivity contribution in [3.05, 3.63) is 47.6 Å². The van der Waals surface area contributed by atoms with Crippen LogP contribution in [0.3, 0.4) is 0 Å². The SMILES string of the molecule is C.C.CC.CC.CC.CC.CC.CC.CCc1ccnc(C)n1.CCc1nccc(C)n1.[B].[B]. The maximum atomic E-state index is 4.18. The van der Waals surface area contributed by atoms with E-state index in [2.05, 4.69) is 33.8 Å². The molecular formula is C28H64B2N4. The lowest BCUT2D eigenvalue weighted by Crippen LogP contribution is -1.92. The zero-order valence-corrected chi connectivity index (χ0v) is 24.7. The van der Waals surface area contributed by atoms with Gasteiger partial charge < -0.3 is 0 Å². The second-order valence-electron chi connectivity index (χ2n) is 3.92. The molecule has 0 bridgehead atoms. The zero-order valence-electron chi connectivity index (χ0n) is 24.7. The highest BCUT2D eigenvalue weighted by Crippen LogP contribution is 1.93. The number of nitrogens with zero attached hydrogens (tertiary/aromatic N) is 4. The second-order valence-corrected chi connectivity index (χ2v) is 3.92. The monoisotopic (exact) mass is 479 g/mol. The molecule has 202 valence electrons. The minimum atomic E-state index is 0. The van der Waals surface area contributed by atoms with Crippen molar-refractivity contribution < 1.29 is 0 Å². The fourth-order valence-corrected chi connectivity index (χ4v) is 1.37. The highest BCUT2D eigenvalue weighted by atomic mass is 14.9. The van der Waals surface area contributed by atoms with Crippen LogP contribution in [-0.2, 0) is 12.8 Å². The molecule has 2 rings (SSSR count). The summed E-state index contributed by atoms with van der Waals surface area (Å²) in [6.07, 6.45) is 5.49. The van der Waals surface area contributed by atoms with E-state index < -0.39 is 0 Å². The van der Waals surface area contributed by atoms with Gasteiger partial charge in [0.15, 0.2) is 0 Å². The maximum absolute atomic E-state index is 4.18. The van der Waals surface area contributed by atoms with Crippen LogP contribution < -0.4 is 0 Å². The van der Waals surface area contributed by atoms with E-state index in [4.69, 9.17) is 0 Å². The van der Waals surface area contributed by atoms with Crippen molar-refractivity contribution in [3.8, 4) is 0 Å². The quantitative estimate of drug-likeness (QED) is 0.404. The van der Waals surface area contributed by atoms with Gasteiger partial charge in [-0.15, -0.1) is 0 Å². The van der Waals surface area contributed by atoms with Crippen molar-refractivity contribution in [3.63, 3.8) is 0 Å². The third-order valence-corrected chi connectivity index (χ3v) is 2.36.